The van der Waals surface area contributed by atoms with Crippen molar-refractivity contribution in [1.29, 1.82) is 5.26 Å². The van der Waals surface area contributed by atoms with Crippen LogP contribution in [0.4, 0.5) is 0 Å². The average molecular weight is 311 g/mol. The molecule has 0 radical (unpaired) electrons. The number of rotatable bonds is 2. The number of carbonyl (C=O) groups excluding carboxylic acids is 1. The van der Waals surface area contributed by atoms with Crippen LogP contribution in [0.3, 0.4) is 0 Å². The van der Waals surface area contributed by atoms with Crippen molar-refractivity contribution in [2.45, 2.75) is 44.1 Å². The van der Waals surface area contributed by atoms with E-state index < -0.39 is 5.54 Å². The molecule has 1 heterocycles. The van der Waals surface area contributed by atoms with E-state index in [0.29, 0.717) is 4.67 Å². The monoisotopic (exact) mass is 310 g/mol. The minimum atomic E-state index is -0.729. The second-order valence-electron chi connectivity index (χ2n) is 4.67. The van der Waals surface area contributed by atoms with E-state index in [1.54, 1.807) is 12.1 Å². The van der Waals surface area contributed by atoms with Crippen molar-refractivity contribution in [3.05, 3.63) is 22.6 Å². The average Bonchev–Trinajstić information content (AvgIpc) is 2.66. The van der Waals surface area contributed by atoms with Gasteiger partial charge in [0.1, 0.15) is 5.54 Å². The Bertz CT molecular complexity index is 468. The first-order valence-electron chi connectivity index (χ1n) is 6.14. The second-order valence-corrected chi connectivity index (χ2v) is 5.45. The van der Waals surface area contributed by atoms with E-state index in [0.717, 1.165) is 38.5 Å². The first kappa shape index (κ1) is 13.2. The molecule has 1 fully saturated rings. The van der Waals surface area contributed by atoms with Crippen molar-refractivity contribution in [2.75, 3.05) is 0 Å². The van der Waals surface area contributed by atoms with Gasteiger partial charge in [-0.15, -0.1) is 0 Å². The van der Waals surface area contributed by atoms with E-state index in [4.69, 9.17) is 4.42 Å². The smallest absolute Gasteiger partial charge is 0.288 e. The van der Waals surface area contributed by atoms with E-state index >= 15 is 0 Å². The summed E-state index contributed by atoms with van der Waals surface area (Å²) < 4.78 is 5.72. The van der Waals surface area contributed by atoms with Gasteiger partial charge in [-0.2, -0.15) is 5.26 Å². The van der Waals surface area contributed by atoms with Crippen molar-refractivity contribution in [3.8, 4) is 6.07 Å². The molecule has 4 nitrogen and oxygen atoms in total. The molecule has 1 aliphatic carbocycles. The summed E-state index contributed by atoms with van der Waals surface area (Å²) in [5.74, 6) is -0.0788. The fourth-order valence-corrected chi connectivity index (χ4v) is 2.62. The number of hydrogen-bond donors (Lipinski definition) is 1. The molecule has 0 aromatic carbocycles. The van der Waals surface area contributed by atoms with Gasteiger partial charge in [-0.05, 0) is 40.9 Å². The molecule has 1 N–H and O–H groups in total. The number of nitrogens with one attached hydrogen (secondary N) is 1. The first-order valence-corrected chi connectivity index (χ1v) is 6.94. The zero-order chi connectivity index (χ0) is 13.0. The standard InChI is InChI=1S/C13H15BrN2O2/c14-11-6-5-10(18-11)12(17)16-13(9-15)7-3-1-2-4-8-13/h5-6H,1-4,7-8H2,(H,16,17). The maximum Gasteiger partial charge on any atom is 0.288 e. The van der Waals surface area contributed by atoms with Gasteiger partial charge in [-0.1, -0.05) is 25.7 Å². The van der Waals surface area contributed by atoms with E-state index in [-0.39, 0.29) is 11.7 Å². The first-order chi connectivity index (χ1) is 8.65. The molecule has 1 aliphatic rings. The number of amides is 1. The lowest BCUT2D eigenvalue weighted by Crippen LogP contribution is -2.46. The van der Waals surface area contributed by atoms with Gasteiger partial charge in [0.25, 0.3) is 5.91 Å². The predicted molar refractivity (Wildman–Crippen MR) is 69.9 cm³/mol. The lowest BCUT2D eigenvalue weighted by Gasteiger charge is -2.25. The Labute approximate surface area is 114 Å². The minimum Gasteiger partial charge on any atom is -0.444 e. The third-order valence-corrected chi connectivity index (χ3v) is 3.75. The summed E-state index contributed by atoms with van der Waals surface area (Å²) in [4.78, 5) is 12.0. The number of nitriles is 1. The van der Waals surface area contributed by atoms with Crippen LogP contribution in [0, 0.1) is 11.3 Å². The van der Waals surface area contributed by atoms with Crippen LogP contribution in [0.2, 0.25) is 0 Å². The van der Waals surface area contributed by atoms with Crippen LogP contribution in [0.15, 0.2) is 21.2 Å². The summed E-state index contributed by atoms with van der Waals surface area (Å²) in [7, 11) is 0. The Balaban J connectivity index is 2.10. The van der Waals surface area contributed by atoms with Gasteiger partial charge < -0.3 is 9.73 Å². The van der Waals surface area contributed by atoms with Crippen LogP contribution in [-0.2, 0) is 0 Å². The molecular weight excluding hydrogens is 296 g/mol. The Morgan fingerprint density at radius 1 is 1.33 bits per heavy atom. The fraction of sp³-hybridized carbons (Fsp3) is 0.538. The zero-order valence-electron chi connectivity index (χ0n) is 10.0. The van der Waals surface area contributed by atoms with Gasteiger partial charge in [0.2, 0.25) is 0 Å². The lowest BCUT2D eigenvalue weighted by molar-refractivity contribution is 0.0883. The van der Waals surface area contributed by atoms with Gasteiger partial charge in [-0.3, -0.25) is 4.79 Å². The maximum absolute atomic E-state index is 12.0. The molecule has 0 spiro atoms. The molecule has 0 saturated heterocycles. The highest BCUT2D eigenvalue weighted by atomic mass is 79.9. The predicted octanol–water partition coefficient (Wildman–Crippen LogP) is 3.39. The SMILES string of the molecule is N#CC1(NC(=O)c2ccc(Br)o2)CCCCCC1. The zero-order valence-corrected chi connectivity index (χ0v) is 11.6. The van der Waals surface area contributed by atoms with E-state index in [9.17, 15) is 10.1 Å². The second kappa shape index (κ2) is 5.57. The molecule has 0 aliphatic heterocycles. The number of halogens is 1. The highest BCUT2D eigenvalue weighted by molar-refractivity contribution is 9.10. The quantitative estimate of drug-likeness (QED) is 0.851. The van der Waals surface area contributed by atoms with Gasteiger partial charge in [-0.25, -0.2) is 0 Å². The van der Waals surface area contributed by atoms with Crippen molar-refractivity contribution in [2.24, 2.45) is 0 Å². The van der Waals surface area contributed by atoms with E-state index in [1.165, 1.54) is 0 Å². The third kappa shape index (κ3) is 2.94. The Hall–Kier alpha value is -1.28. The van der Waals surface area contributed by atoms with E-state index in [1.807, 2.05) is 0 Å². The molecule has 1 saturated carbocycles. The summed E-state index contributed by atoms with van der Waals surface area (Å²) >= 11 is 3.16. The number of carbonyl (C=O) groups is 1. The Morgan fingerprint density at radius 2 is 2.00 bits per heavy atom. The molecule has 0 atom stereocenters. The molecule has 18 heavy (non-hydrogen) atoms. The van der Waals surface area contributed by atoms with Crippen LogP contribution in [0.25, 0.3) is 0 Å². The molecule has 1 aromatic heterocycles. The van der Waals surface area contributed by atoms with Gasteiger partial charge in [0, 0.05) is 0 Å². The summed E-state index contributed by atoms with van der Waals surface area (Å²) in [6.45, 7) is 0. The molecule has 1 aromatic rings. The normalized spacial score (nSPS) is 18.7. The van der Waals surface area contributed by atoms with E-state index in [2.05, 4.69) is 27.3 Å². The molecular formula is C13H15BrN2O2. The highest BCUT2D eigenvalue weighted by Gasteiger charge is 2.33. The van der Waals surface area contributed by atoms with Crippen molar-refractivity contribution in [3.63, 3.8) is 0 Å². The molecule has 1 amide bonds. The van der Waals surface area contributed by atoms with Crippen LogP contribution in [0.5, 0.6) is 0 Å². The molecule has 0 bridgehead atoms. The van der Waals surface area contributed by atoms with Gasteiger partial charge in [0.15, 0.2) is 10.4 Å². The van der Waals surface area contributed by atoms with Gasteiger partial charge >= 0.3 is 0 Å². The third-order valence-electron chi connectivity index (χ3n) is 3.32. The van der Waals surface area contributed by atoms with Crippen LogP contribution in [0.1, 0.15) is 49.1 Å². The topological polar surface area (TPSA) is 66.0 Å². The number of hydrogen-bond acceptors (Lipinski definition) is 3. The highest BCUT2D eigenvalue weighted by Crippen LogP contribution is 2.27. The summed E-state index contributed by atoms with van der Waals surface area (Å²) in [5, 5.41) is 12.2. The molecule has 5 heteroatoms. The Morgan fingerprint density at radius 3 is 2.50 bits per heavy atom. The minimum absolute atomic E-state index is 0.237. The van der Waals surface area contributed by atoms with Gasteiger partial charge in [0.05, 0.1) is 6.07 Å². The van der Waals surface area contributed by atoms with Crippen LogP contribution in [-0.4, -0.2) is 11.4 Å². The number of furan rings is 1. The molecule has 0 unspecified atom stereocenters. The molecule has 96 valence electrons. The van der Waals surface area contributed by atoms with Crippen molar-refractivity contribution in [1.82, 2.24) is 5.32 Å². The van der Waals surface area contributed by atoms with Crippen LogP contribution >= 0.6 is 15.9 Å². The van der Waals surface area contributed by atoms with Crippen molar-refractivity contribution >= 4 is 21.8 Å². The molecule has 2 rings (SSSR count). The lowest BCUT2D eigenvalue weighted by atomic mass is 9.92. The maximum atomic E-state index is 12.0. The fourth-order valence-electron chi connectivity index (χ4n) is 2.31. The van der Waals surface area contributed by atoms with Crippen LogP contribution < -0.4 is 5.32 Å². The summed E-state index contributed by atoms with van der Waals surface area (Å²) in [6.07, 6.45) is 5.66. The largest absolute Gasteiger partial charge is 0.444 e. The Kier molecular flexibility index (Phi) is 4.07. The van der Waals surface area contributed by atoms with Crippen molar-refractivity contribution < 1.29 is 9.21 Å². The summed E-state index contributed by atoms with van der Waals surface area (Å²) in [5.41, 5.74) is -0.729. The summed E-state index contributed by atoms with van der Waals surface area (Å²) in [6, 6.07) is 5.55. The number of nitrogens with zero attached hydrogens (tertiary/aromatic N) is 1.